The first-order valence-corrected chi connectivity index (χ1v) is 22.4. The average molecular weight is 890 g/mol. The van der Waals surface area contributed by atoms with E-state index in [1.54, 1.807) is 11.0 Å². The van der Waals surface area contributed by atoms with Crippen LogP contribution in [0.2, 0.25) is 0 Å². The van der Waals surface area contributed by atoms with Crippen LogP contribution in [-0.2, 0) is 26.3 Å². The molecular weight excluding hydrogens is 849 g/mol. The second kappa shape index (κ2) is 16.1. The number of amides is 3. The number of likely N-dealkylation sites (tertiary alicyclic amines) is 1. The predicted octanol–water partition coefficient (Wildman–Crippen LogP) is 4.19. The van der Waals surface area contributed by atoms with Crippen molar-refractivity contribution in [1.82, 2.24) is 29.0 Å². The highest BCUT2D eigenvalue weighted by Gasteiger charge is 2.40. The van der Waals surface area contributed by atoms with Crippen molar-refractivity contribution in [1.29, 1.82) is 5.26 Å². The molecule has 5 aliphatic rings. The van der Waals surface area contributed by atoms with Gasteiger partial charge in [-0.3, -0.25) is 33.8 Å². The molecule has 5 aliphatic heterocycles. The molecule has 19 heteroatoms. The topological polar surface area (TPSA) is 190 Å². The number of hydrogen-bond acceptors (Lipinski definition) is 11. The molecule has 2 atom stereocenters. The lowest BCUT2D eigenvalue weighted by molar-refractivity contribution is -0.136. The average Bonchev–Trinajstić information content (AvgIpc) is 3.84. The van der Waals surface area contributed by atoms with Gasteiger partial charge in [0.15, 0.2) is 11.6 Å². The van der Waals surface area contributed by atoms with Crippen molar-refractivity contribution in [2.45, 2.75) is 43.9 Å². The fourth-order valence-corrected chi connectivity index (χ4v) is 10.6. The van der Waals surface area contributed by atoms with Crippen LogP contribution >= 0.6 is 0 Å². The van der Waals surface area contributed by atoms with Crippen molar-refractivity contribution >= 4 is 50.2 Å². The molecule has 64 heavy (non-hydrogen) atoms. The third-order valence-electron chi connectivity index (χ3n) is 12.8. The fourth-order valence-electron chi connectivity index (χ4n) is 9.29. The Labute approximate surface area is 365 Å². The van der Waals surface area contributed by atoms with Crippen LogP contribution in [0.3, 0.4) is 0 Å². The normalized spacial score (nSPS) is 20.8. The number of benzene rings is 4. The van der Waals surface area contributed by atoms with Crippen LogP contribution in [0.1, 0.15) is 52.2 Å². The lowest BCUT2D eigenvalue weighted by Gasteiger charge is -2.47. The summed E-state index contributed by atoms with van der Waals surface area (Å²) in [6, 6.07) is 21.1. The summed E-state index contributed by atoms with van der Waals surface area (Å²) in [6.45, 7) is 4.59. The van der Waals surface area contributed by atoms with Crippen LogP contribution in [0.4, 0.5) is 20.2 Å². The van der Waals surface area contributed by atoms with E-state index in [0.29, 0.717) is 41.6 Å². The van der Waals surface area contributed by atoms with Gasteiger partial charge >= 0.3 is 10.2 Å². The Hall–Kier alpha value is -6.75. The highest BCUT2D eigenvalue weighted by molar-refractivity contribution is 7.90. The Morgan fingerprint density at radius 1 is 0.922 bits per heavy atom. The molecule has 0 saturated carbocycles. The number of ether oxygens (including phenoxy) is 1. The van der Waals surface area contributed by atoms with E-state index in [2.05, 4.69) is 30.9 Å². The molecule has 6 heterocycles. The predicted molar refractivity (Wildman–Crippen MR) is 230 cm³/mol. The van der Waals surface area contributed by atoms with Crippen molar-refractivity contribution in [3.63, 3.8) is 0 Å². The number of nitrogens with zero attached hydrogens (tertiary/aromatic N) is 7. The van der Waals surface area contributed by atoms with Gasteiger partial charge in [0.2, 0.25) is 11.8 Å². The largest absolute Gasteiger partial charge is 0.453 e. The van der Waals surface area contributed by atoms with E-state index in [9.17, 15) is 37.2 Å². The molecule has 0 unspecified atom stereocenters. The van der Waals surface area contributed by atoms with Crippen molar-refractivity contribution < 1.29 is 36.3 Å². The first kappa shape index (κ1) is 41.3. The number of hydrogen-bond donors (Lipinski definition) is 2. The Bertz CT molecular complexity index is 2970. The van der Waals surface area contributed by atoms with Gasteiger partial charge in [-0.2, -0.15) is 18.0 Å². The van der Waals surface area contributed by atoms with Crippen molar-refractivity contribution in [2.75, 3.05) is 55.4 Å². The molecule has 0 radical (unpaired) electrons. The number of carbonyl (C=O) groups is 3. The lowest BCUT2D eigenvalue weighted by Crippen LogP contribution is -2.55. The van der Waals surface area contributed by atoms with E-state index in [-0.39, 0.29) is 54.6 Å². The van der Waals surface area contributed by atoms with Gasteiger partial charge in [-0.1, -0.05) is 12.1 Å². The van der Waals surface area contributed by atoms with E-state index in [4.69, 9.17) is 4.74 Å². The summed E-state index contributed by atoms with van der Waals surface area (Å²) < 4.78 is 65.0. The van der Waals surface area contributed by atoms with Crippen molar-refractivity contribution in [3.05, 3.63) is 118 Å². The number of nitrogens with one attached hydrogen (secondary N) is 2. The molecule has 10 rings (SSSR count). The SMILES string of the molecule is N#Cc1c(NS(=O)(=O)N2CC[C@@H](F)C2)ccc(F)c1Oc1ccc2ncn(-c3ccc(N4CC(CN5CC(c6ccc7c(c6)CN([C@H]6CCC(=O)NC6=O)C7=O)C5)C4)cc3)c(=O)c2c1. The third kappa shape index (κ3) is 7.60. The number of fused-ring (bicyclic) bond motifs is 2. The minimum absolute atomic E-state index is 0.0109. The van der Waals surface area contributed by atoms with Crippen LogP contribution in [0.25, 0.3) is 16.6 Å². The quantitative estimate of drug-likeness (QED) is 0.181. The summed E-state index contributed by atoms with van der Waals surface area (Å²) in [5.41, 5.74) is 3.59. The molecule has 5 aromatic rings. The molecule has 0 spiro atoms. The van der Waals surface area contributed by atoms with E-state index in [1.165, 1.54) is 34.7 Å². The summed E-state index contributed by atoms with van der Waals surface area (Å²) in [7, 11) is -4.24. The van der Waals surface area contributed by atoms with Crippen LogP contribution in [-0.4, -0.2) is 108 Å². The summed E-state index contributed by atoms with van der Waals surface area (Å²) in [4.78, 5) is 61.7. The number of rotatable bonds is 11. The van der Waals surface area contributed by atoms with Gasteiger partial charge in [0, 0.05) is 81.9 Å². The van der Waals surface area contributed by atoms with Gasteiger partial charge in [0.05, 0.1) is 22.3 Å². The number of anilines is 2. The molecule has 4 aromatic carbocycles. The Kier molecular flexibility index (Phi) is 10.4. The summed E-state index contributed by atoms with van der Waals surface area (Å²) in [6.07, 6.45) is 0.716. The zero-order valence-electron chi connectivity index (χ0n) is 34.2. The number of nitriles is 1. The molecule has 16 nitrogen and oxygen atoms in total. The summed E-state index contributed by atoms with van der Waals surface area (Å²) in [5, 5.41) is 12.5. The van der Waals surface area contributed by atoms with Gasteiger partial charge in [0.1, 0.15) is 35.9 Å². The van der Waals surface area contributed by atoms with Gasteiger partial charge in [-0.25, -0.2) is 13.8 Å². The molecule has 4 saturated heterocycles. The fraction of sp³-hybridized carbons (Fsp3) is 0.333. The Balaban J connectivity index is 0.748. The number of imide groups is 1. The molecular formula is C45H41F2N9O7S. The minimum Gasteiger partial charge on any atom is -0.453 e. The van der Waals surface area contributed by atoms with E-state index < -0.39 is 51.0 Å². The minimum atomic E-state index is -4.24. The van der Waals surface area contributed by atoms with Gasteiger partial charge in [-0.05, 0) is 84.6 Å². The zero-order chi connectivity index (χ0) is 44.4. The number of aromatic nitrogens is 2. The first-order valence-electron chi connectivity index (χ1n) is 21.0. The highest BCUT2D eigenvalue weighted by Crippen LogP contribution is 2.37. The van der Waals surface area contributed by atoms with Crippen LogP contribution < -0.4 is 25.2 Å². The molecule has 328 valence electrons. The maximum Gasteiger partial charge on any atom is 0.301 e. The van der Waals surface area contributed by atoms with E-state index >= 15 is 4.39 Å². The Morgan fingerprint density at radius 2 is 1.70 bits per heavy atom. The number of halogens is 2. The number of carbonyl (C=O) groups excluding carboxylic acids is 3. The van der Waals surface area contributed by atoms with Crippen LogP contribution in [0.15, 0.2) is 83.9 Å². The standard InChI is InChI=1S/C45H41F2N9O7S/c46-30-13-14-54(24-30)64(61,62)51-39-10-8-37(47)42(36(39)17-48)63-33-6-9-38-35(16-33)45(60)56(25-49-38)32-4-2-31(3-5-32)53-19-26(20-53)18-52-21-29(22-52)27-1-7-34-28(15-27)23-55(44(34)59)40-11-12-41(57)50-43(40)58/h1-10,15-16,25-26,29-30,40,51H,11-14,18-24H2,(H,50,57,58)/t30-,40+/m1/s1. The second-order valence-corrected chi connectivity index (χ2v) is 18.7. The molecule has 1 aromatic heterocycles. The number of alkyl halides is 1. The molecule has 0 aliphatic carbocycles. The van der Waals surface area contributed by atoms with Crippen molar-refractivity contribution in [2.24, 2.45) is 5.92 Å². The summed E-state index contributed by atoms with van der Waals surface area (Å²) in [5.74, 6) is -1.50. The van der Waals surface area contributed by atoms with Crippen molar-refractivity contribution in [3.8, 4) is 23.3 Å². The van der Waals surface area contributed by atoms with E-state index in [1.807, 2.05) is 36.4 Å². The molecule has 0 bridgehead atoms. The highest BCUT2D eigenvalue weighted by atomic mass is 32.2. The van der Waals surface area contributed by atoms with E-state index in [0.717, 1.165) is 60.4 Å². The Morgan fingerprint density at radius 3 is 2.44 bits per heavy atom. The van der Waals surface area contributed by atoms with Gasteiger partial charge in [0.25, 0.3) is 11.5 Å². The maximum absolute atomic E-state index is 15.1. The molecule has 2 N–H and O–H groups in total. The lowest BCUT2D eigenvalue weighted by atomic mass is 9.87. The zero-order valence-corrected chi connectivity index (χ0v) is 35.1. The maximum atomic E-state index is 15.1. The summed E-state index contributed by atoms with van der Waals surface area (Å²) >= 11 is 0. The van der Waals surface area contributed by atoms with Crippen LogP contribution in [0, 0.1) is 23.1 Å². The monoisotopic (exact) mass is 889 g/mol. The smallest absolute Gasteiger partial charge is 0.301 e. The third-order valence-corrected chi connectivity index (χ3v) is 14.3. The second-order valence-electron chi connectivity index (χ2n) is 17.0. The van der Waals surface area contributed by atoms with Crippen LogP contribution in [0.5, 0.6) is 11.5 Å². The van der Waals surface area contributed by atoms with Gasteiger partial charge in [-0.15, -0.1) is 0 Å². The number of piperidine rings is 1. The molecule has 3 amide bonds. The van der Waals surface area contributed by atoms with Gasteiger partial charge < -0.3 is 19.4 Å². The first-order chi connectivity index (χ1) is 30.8. The molecule has 4 fully saturated rings.